The monoisotopic (exact) mass is 325 g/mol. The van der Waals surface area contributed by atoms with Gasteiger partial charge in [-0.15, -0.1) is 0 Å². The second-order valence-electron chi connectivity index (χ2n) is 4.41. The van der Waals surface area contributed by atoms with Crippen LogP contribution in [0.4, 0.5) is 0 Å². The molecule has 0 radical (unpaired) electrons. The summed E-state index contributed by atoms with van der Waals surface area (Å²) in [6.07, 6.45) is 0. The molecule has 1 amide bonds. The molecule has 0 bridgehead atoms. The predicted molar refractivity (Wildman–Crippen MR) is 76.0 cm³/mol. The Hall–Kier alpha value is -2.42. The summed E-state index contributed by atoms with van der Waals surface area (Å²) >= 11 is 0. The van der Waals surface area contributed by atoms with E-state index in [0.29, 0.717) is 12.2 Å². The van der Waals surface area contributed by atoms with E-state index in [4.69, 9.17) is 4.74 Å². The lowest BCUT2D eigenvalue weighted by molar-refractivity contribution is 0.0968. The average molecular weight is 325 g/mol. The number of amides is 1. The van der Waals surface area contributed by atoms with E-state index in [1.807, 2.05) is 4.72 Å². The fourth-order valence-corrected chi connectivity index (χ4v) is 3.17. The zero-order chi connectivity index (χ0) is 16.3. The van der Waals surface area contributed by atoms with Crippen molar-refractivity contribution in [3.05, 3.63) is 35.5 Å². The van der Waals surface area contributed by atoms with Crippen LogP contribution < -0.4 is 9.46 Å². The number of rotatable bonds is 5. The maximum atomic E-state index is 12.4. The number of nitrogens with one attached hydrogen (secondary N) is 1. The molecule has 0 saturated heterocycles. The van der Waals surface area contributed by atoms with Gasteiger partial charge < -0.3 is 9.26 Å². The zero-order valence-corrected chi connectivity index (χ0v) is 13.1. The Labute approximate surface area is 127 Å². The number of hydrogen-bond donors (Lipinski definition) is 1. The molecule has 22 heavy (non-hydrogen) atoms. The van der Waals surface area contributed by atoms with Gasteiger partial charge in [0.2, 0.25) is 5.89 Å². The highest BCUT2D eigenvalue weighted by atomic mass is 32.2. The minimum absolute atomic E-state index is 0.0922. The van der Waals surface area contributed by atoms with Crippen LogP contribution in [0.5, 0.6) is 5.75 Å². The van der Waals surface area contributed by atoms with Gasteiger partial charge in [0, 0.05) is 6.92 Å². The molecular formula is C13H15N3O5S. The van der Waals surface area contributed by atoms with Crippen molar-refractivity contribution >= 4 is 15.9 Å². The molecule has 0 spiro atoms. The molecule has 0 aliphatic rings. The minimum atomic E-state index is -4.13. The minimum Gasteiger partial charge on any atom is -0.492 e. The molecule has 0 aliphatic carbocycles. The summed E-state index contributed by atoms with van der Waals surface area (Å²) in [7, 11) is -4.13. The molecule has 9 heteroatoms. The molecule has 0 unspecified atom stereocenters. The van der Waals surface area contributed by atoms with Gasteiger partial charge in [0.15, 0.2) is 0 Å². The normalized spacial score (nSPS) is 11.2. The standard InChI is InChI=1S/C13H15N3O5S/c1-4-20-10-7-5-6-8(2)11(10)22(18,19)16-13(17)12-14-9(3)21-15-12/h5-7H,4H2,1-3H3,(H,16,17). The van der Waals surface area contributed by atoms with E-state index in [0.717, 1.165) is 0 Å². The summed E-state index contributed by atoms with van der Waals surface area (Å²) in [5.41, 5.74) is 0.454. The summed E-state index contributed by atoms with van der Waals surface area (Å²) < 4.78 is 36.8. The zero-order valence-electron chi connectivity index (χ0n) is 12.3. The Bertz CT molecular complexity index is 798. The largest absolute Gasteiger partial charge is 0.492 e. The third kappa shape index (κ3) is 3.25. The quantitative estimate of drug-likeness (QED) is 0.879. The lowest BCUT2D eigenvalue weighted by Crippen LogP contribution is -2.32. The molecule has 0 atom stereocenters. The topological polar surface area (TPSA) is 111 Å². The van der Waals surface area contributed by atoms with Crippen LogP contribution in [0.15, 0.2) is 27.6 Å². The summed E-state index contributed by atoms with van der Waals surface area (Å²) in [5.74, 6) is -0.990. The van der Waals surface area contributed by atoms with Gasteiger partial charge in [-0.2, -0.15) is 4.98 Å². The second-order valence-corrected chi connectivity index (χ2v) is 6.03. The Balaban J connectivity index is 2.37. The first-order valence-electron chi connectivity index (χ1n) is 6.45. The molecule has 2 rings (SSSR count). The first-order chi connectivity index (χ1) is 10.3. The summed E-state index contributed by atoms with van der Waals surface area (Å²) in [6.45, 7) is 5.14. The highest BCUT2D eigenvalue weighted by Crippen LogP contribution is 2.27. The van der Waals surface area contributed by atoms with Crippen molar-refractivity contribution in [2.45, 2.75) is 25.7 Å². The number of carbonyl (C=O) groups is 1. The van der Waals surface area contributed by atoms with Crippen molar-refractivity contribution in [2.24, 2.45) is 0 Å². The molecule has 8 nitrogen and oxygen atoms in total. The van der Waals surface area contributed by atoms with Gasteiger partial charge in [-0.25, -0.2) is 13.1 Å². The lowest BCUT2D eigenvalue weighted by Gasteiger charge is -2.13. The van der Waals surface area contributed by atoms with Gasteiger partial charge in [0.1, 0.15) is 10.6 Å². The molecule has 1 aromatic heterocycles. The summed E-state index contributed by atoms with van der Waals surface area (Å²) in [5, 5.41) is 3.38. The Morgan fingerprint density at radius 3 is 2.68 bits per heavy atom. The number of sulfonamides is 1. The number of carbonyl (C=O) groups excluding carboxylic acids is 1. The van der Waals surface area contributed by atoms with Crippen LogP contribution >= 0.6 is 0 Å². The number of benzene rings is 1. The Morgan fingerprint density at radius 2 is 2.09 bits per heavy atom. The van der Waals surface area contributed by atoms with E-state index in [9.17, 15) is 13.2 Å². The molecular weight excluding hydrogens is 310 g/mol. The van der Waals surface area contributed by atoms with Gasteiger partial charge in [-0.05, 0) is 25.5 Å². The van der Waals surface area contributed by atoms with Gasteiger partial charge in [-0.3, -0.25) is 4.79 Å². The number of hydrogen-bond acceptors (Lipinski definition) is 7. The van der Waals surface area contributed by atoms with Crippen molar-refractivity contribution < 1.29 is 22.5 Å². The smallest absolute Gasteiger partial charge is 0.306 e. The van der Waals surface area contributed by atoms with E-state index in [2.05, 4.69) is 14.7 Å². The average Bonchev–Trinajstić information content (AvgIpc) is 2.85. The first kappa shape index (κ1) is 16.0. The first-order valence-corrected chi connectivity index (χ1v) is 7.93. The molecule has 1 aromatic carbocycles. The number of nitrogens with zero attached hydrogens (tertiary/aromatic N) is 2. The highest BCUT2D eigenvalue weighted by molar-refractivity contribution is 7.90. The Kier molecular flexibility index (Phi) is 4.45. The van der Waals surface area contributed by atoms with Crippen LogP contribution in [-0.2, 0) is 10.0 Å². The van der Waals surface area contributed by atoms with Crippen LogP contribution in [-0.4, -0.2) is 31.1 Å². The number of ether oxygens (including phenoxy) is 1. The molecule has 1 N–H and O–H groups in total. The fourth-order valence-electron chi connectivity index (χ4n) is 1.85. The van der Waals surface area contributed by atoms with E-state index >= 15 is 0 Å². The Morgan fingerprint density at radius 1 is 1.36 bits per heavy atom. The fraction of sp³-hybridized carbons (Fsp3) is 0.308. The molecule has 118 valence electrons. The lowest BCUT2D eigenvalue weighted by atomic mass is 10.2. The van der Waals surface area contributed by atoms with Crippen LogP contribution in [0.1, 0.15) is 29.0 Å². The predicted octanol–water partition coefficient (Wildman–Crippen LogP) is 1.20. The second kappa shape index (κ2) is 6.14. The van der Waals surface area contributed by atoms with E-state index in [1.165, 1.54) is 13.0 Å². The maximum absolute atomic E-state index is 12.4. The molecule has 0 aliphatic heterocycles. The number of aryl methyl sites for hydroxylation is 2. The van der Waals surface area contributed by atoms with Gasteiger partial charge >= 0.3 is 5.91 Å². The summed E-state index contributed by atoms with van der Waals surface area (Å²) in [4.78, 5) is 15.5. The molecule has 2 aromatic rings. The van der Waals surface area contributed by atoms with E-state index < -0.39 is 15.9 Å². The third-order valence-electron chi connectivity index (χ3n) is 2.70. The molecule has 0 fully saturated rings. The third-order valence-corrected chi connectivity index (χ3v) is 4.22. The summed E-state index contributed by atoms with van der Waals surface area (Å²) in [6, 6.07) is 4.80. The van der Waals surface area contributed by atoms with Gasteiger partial charge in [-0.1, -0.05) is 17.3 Å². The number of aromatic nitrogens is 2. The van der Waals surface area contributed by atoms with Gasteiger partial charge in [0.25, 0.3) is 15.8 Å². The highest BCUT2D eigenvalue weighted by Gasteiger charge is 2.26. The van der Waals surface area contributed by atoms with E-state index in [1.54, 1.807) is 26.0 Å². The van der Waals surface area contributed by atoms with Gasteiger partial charge in [0.05, 0.1) is 6.61 Å². The van der Waals surface area contributed by atoms with Crippen molar-refractivity contribution in [3.8, 4) is 5.75 Å². The van der Waals surface area contributed by atoms with Crippen molar-refractivity contribution in [2.75, 3.05) is 6.61 Å². The SMILES string of the molecule is CCOc1cccc(C)c1S(=O)(=O)NC(=O)c1noc(C)n1. The van der Waals surface area contributed by atoms with Crippen LogP contribution in [0, 0.1) is 13.8 Å². The van der Waals surface area contributed by atoms with Crippen molar-refractivity contribution in [3.63, 3.8) is 0 Å². The molecule has 0 saturated carbocycles. The van der Waals surface area contributed by atoms with Crippen molar-refractivity contribution in [1.29, 1.82) is 0 Å². The molecule has 1 heterocycles. The van der Waals surface area contributed by atoms with Crippen molar-refractivity contribution in [1.82, 2.24) is 14.9 Å². The maximum Gasteiger partial charge on any atom is 0.306 e. The van der Waals surface area contributed by atoms with Crippen LogP contribution in [0.25, 0.3) is 0 Å². The van der Waals surface area contributed by atoms with Crippen LogP contribution in [0.3, 0.4) is 0 Å². The van der Waals surface area contributed by atoms with E-state index in [-0.39, 0.29) is 22.4 Å². The van der Waals surface area contributed by atoms with Crippen LogP contribution in [0.2, 0.25) is 0 Å².